The number of rotatable bonds is 5. The Morgan fingerprint density at radius 2 is 1.91 bits per heavy atom. The van der Waals surface area contributed by atoms with Gasteiger partial charge in [0.05, 0.1) is 30.6 Å². The standard InChI is InChI=1S/C24H24FN3O4/c1-32-18-11-9-15(10-12-18)21-14-19(23(30)26-20-7-2-3-8-22(20)29)24(31)28(27-21)17-6-4-5-16(25)13-17/h4-6,9-14,20,22,29H,2-3,7-8H2,1H3,(H,26,30)/t20-,22+/m0/s1. The van der Waals surface area contributed by atoms with E-state index in [-0.39, 0.29) is 11.3 Å². The van der Waals surface area contributed by atoms with Crippen LogP contribution in [0.1, 0.15) is 36.0 Å². The molecule has 2 aromatic carbocycles. The summed E-state index contributed by atoms with van der Waals surface area (Å²) in [5.74, 6) is -0.470. The highest BCUT2D eigenvalue weighted by molar-refractivity contribution is 5.95. The van der Waals surface area contributed by atoms with Crippen LogP contribution in [-0.2, 0) is 0 Å². The van der Waals surface area contributed by atoms with Crippen LogP contribution in [0.3, 0.4) is 0 Å². The third-order valence-electron chi connectivity index (χ3n) is 5.64. The molecule has 0 saturated heterocycles. The summed E-state index contributed by atoms with van der Waals surface area (Å²) in [4.78, 5) is 26.2. The Bertz CT molecular complexity index is 1180. The van der Waals surface area contributed by atoms with E-state index in [1.54, 1.807) is 37.4 Å². The monoisotopic (exact) mass is 437 g/mol. The molecule has 32 heavy (non-hydrogen) atoms. The van der Waals surface area contributed by atoms with Crippen LogP contribution in [-0.4, -0.2) is 40.0 Å². The highest BCUT2D eigenvalue weighted by Gasteiger charge is 2.26. The summed E-state index contributed by atoms with van der Waals surface area (Å²) in [6, 6.07) is 13.5. The van der Waals surface area contributed by atoms with Gasteiger partial charge in [-0.3, -0.25) is 9.59 Å². The number of nitrogens with zero attached hydrogens (tertiary/aromatic N) is 2. The third-order valence-corrected chi connectivity index (χ3v) is 5.64. The summed E-state index contributed by atoms with van der Waals surface area (Å²) in [6.45, 7) is 0. The van der Waals surface area contributed by atoms with E-state index in [4.69, 9.17) is 4.74 Å². The van der Waals surface area contributed by atoms with Gasteiger partial charge in [-0.15, -0.1) is 0 Å². The van der Waals surface area contributed by atoms with Crippen LogP contribution in [0.5, 0.6) is 5.75 Å². The molecule has 2 N–H and O–H groups in total. The Morgan fingerprint density at radius 3 is 2.59 bits per heavy atom. The highest BCUT2D eigenvalue weighted by atomic mass is 19.1. The maximum Gasteiger partial charge on any atom is 0.284 e. The second kappa shape index (κ2) is 9.32. The zero-order chi connectivity index (χ0) is 22.7. The fraction of sp³-hybridized carbons (Fsp3) is 0.292. The van der Waals surface area contributed by atoms with Gasteiger partial charge in [-0.1, -0.05) is 18.9 Å². The van der Waals surface area contributed by atoms with E-state index in [1.807, 2.05) is 0 Å². The Labute approximate surface area is 184 Å². The lowest BCUT2D eigenvalue weighted by Gasteiger charge is -2.28. The van der Waals surface area contributed by atoms with E-state index >= 15 is 0 Å². The third kappa shape index (κ3) is 4.55. The number of benzene rings is 2. The maximum atomic E-state index is 13.8. The van der Waals surface area contributed by atoms with E-state index in [1.165, 1.54) is 24.3 Å². The van der Waals surface area contributed by atoms with Gasteiger partial charge in [0.15, 0.2) is 0 Å². The van der Waals surface area contributed by atoms with Crippen molar-refractivity contribution in [2.45, 2.75) is 37.8 Å². The topological polar surface area (TPSA) is 93.5 Å². The molecule has 1 aliphatic carbocycles. The number of carbonyl (C=O) groups excluding carboxylic acids is 1. The number of ether oxygens (including phenoxy) is 1. The summed E-state index contributed by atoms with van der Waals surface area (Å²) in [5.41, 5.74) is 0.425. The van der Waals surface area contributed by atoms with Crippen LogP contribution in [0, 0.1) is 5.82 Å². The minimum absolute atomic E-state index is 0.132. The number of hydrogen-bond donors (Lipinski definition) is 2. The molecule has 1 aliphatic rings. The number of aliphatic hydroxyl groups excluding tert-OH is 1. The normalized spacial score (nSPS) is 18.2. The summed E-state index contributed by atoms with van der Waals surface area (Å²) in [5, 5.41) is 17.4. The number of nitrogens with one attached hydrogen (secondary N) is 1. The molecule has 8 heteroatoms. The Hall–Kier alpha value is -3.52. The predicted octanol–water partition coefficient (Wildman–Crippen LogP) is 3.08. The molecule has 0 radical (unpaired) electrons. The molecule has 0 unspecified atom stereocenters. The van der Waals surface area contributed by atoms with Crippen molar-refractivity contribution in [3.8, 4) is 22.7 Å². The van der Waals surface area contributed by atoms with Crippen LogP contribution in [0.4, 0.5) is 4.39 Å². The van der Waals surface area contributed by atoms with Gasteiger partial charge in [-0.2, -0.15) is 9.78 Å². The number of hydrogen-bond acceptors (Lipinski definition) is 5. The van der Waals surface area contributed by atoms with Crippen LogP contribution in [0.15, 0.2) is 59.4 Å². The van der Waals surface area contributed by atoms with E-state index in [9.17, 15) is 19.1 Å². The molecule has 7 nitrogen and oxygen atoms in total. The molecule has 166 valence electrons. The summed E-state index contributed by atoms with van der Waals surface area (Å²) in [6.07, 6.45) is 2.38. The van der Waals surface area contributed by atoms with Gasteiger partial charge in [-0.25, -0.2) is 4.39 Å². The molecule has 0 spiro atoms. The number of carbonyl (C=O) groups is 1. The Kier molecular flexibility index (Phi) is 6.32. The van der Waals surface area contributed by atoms with Gasteiger partial charge in [0.25, 0.3) is 11.5 Å². The number of amides is 1. The number of methoxy groups -OCH3 is 1. The Balaban J connectivity index is 1.79. The van der Waals surface area contributed by atoms with Crippen molar-refractivity contribution in [1.29, 1.82) is 0 Å². The lowest BCUT2D eigenvalue weighted by molar-refractivity contribution is 0.0716. The first-order valence-electron chi connectivity index (χ1n) is 10.5. The molecule has 1 fully saturated rings. The molecule has 1 amide bonds. The van der Waals surface area contributed by atoms with Crippen molar-refractivity contribution in [3.05, 3.63) is 76.3 Å². The van der Waals surface area contributed by atoms with Gasteiger partial charge in [-0.05, 0) is 61.4 Å². The van der Waals surface area contributed by atoms with Crippen molar-refractivity contribution in [2.24, 2.45) is 0 Å². The lowest BCUT2D eigenvalue weighted by atomic mass is 9.92. The van der Waals surface area contributed by atoms with Crippen LogP contribution in [0.2, 0.25) is 0 Å². The van der Waals surface area contributed by atoms with Crippen LogP contribution < -0.4 is 15.6 Å². The molecular weight excluding hydrogens is 413 g/mol. The summed E-state index contributed by atoms with van der Waals surface area (Å²) < 4.78 is 20.0. The zero-order valence-electron chi connectivity index (χ0n) is 17.6. The summed E-state index contributed by atoms with van der Waals surface area (Å²) >= 11 is 0. The Morgan fingerprint density at radius 1 is 1.16 bits per heavy atom. The average molecular weight is 437 g/mol. The van der Waals surface area contributed by atoms with Gasteiger partial charge in [0.1, 0.15) is 17.1 Å². The fourth-order valence-electron chi connectivity index (χ4n) is 3.87. The predicted molar refractivity (Wildman–Crippen MR) is 118 cm³/mol. The number of aromatic nitrogens is 2. The number of aliphatic hydroxyl groups is 1. The minimum atomic E-state index is -0.671. The molecule has 0 bridgehead atoms. The van der Waals surface area contributed by atoms with Crippen LogP contribution in [0.25, 0.3) is 16.9 Å². The smallest absolute Gasteiger partial charge is 0.284 e. The first-order valence-corrected chi connectivity index (χ1v) is 10.5. The van der Waals surface area contributed by atoms with Gasteiger partial charge in [0, 0.05) is 5.56 Å². The molecular formula is C24H24FN3O4. The quantitative estimate of drug-likeness (QED) is 0.640. The summed E-state index contributed by atoms with van der Waals surface area (Å²) in [7, 11) is 1.56. The zero-order valence-corrected chi connectivity index (χ0v) is 17.6. The van der Waals surface area contributed by atoms with Gasteiger partial charge in [0.2, 0.25) is 0 Å². The van der Waals surface area contributed by atoms with Crippen molar-refractivity contribution in [3.63, 3.8) is 0 Å². The van der Waals surface area contributed by atoms with E-state index < -0.39 is 29.4 Å². The van der Waals surface area contributed by atoms with E-state index in [0.29, 0.717) is 29.8 Å². The highest BCUT2D eigenvalue weighted by Crippen LogP contribution is 2.22. The van der Waals surface area contributed by atoms with Crippen molar-refractivity contribution < 1.29 is 19.0 Å². The van der Waals surface area contributed by atoms with Crippen LogP contribution >= 0.6 is 0 Å². The molecule has 1 aromatic heterocycles. The molecule has 1 saturated carbocycles. The maximum absolute atomic E-state index is 13.8. The van der Waals surface area contributed by atoms with E-state index in [2.05, 4.69) is 10.4 Å². The SMILES string of the molecule is COc1ccc(-c2cc(C(=O)N[C@H]3CCCC[C@H]3O)c(=O)n(-c3cccc(F)c3)n2)cc1. The molecule has 3 aromatic rings. The van der Waals surface area contributed by atoms with Crippen molar-refractivity contribution in [1.82, 2.24) is 15.1 Å². The molecule has 4 rings (SSSR count). The minimum Gasteiger partial charge on any atom is -0.497 e. The lowest BCUT2D eigenvalue weighted by Crippen LogP contribution is -2.46. The van der Waals surface area contributed by atoms with Gasteiger partial charge < -0.3 is 15.2 Å². The molecule has 2 atom stereocenters. The molecule has 1 heterocycles. The first kappa shape index (κ1) is 21.7. The van der Waals surface area contributed by atoms with Gasteiger partial charge >= 0.3 is 0 Å². The first-order chi connectivity index (χ1) is 15.5. The number of halogens is 1. The van der Waals surface area contributed by atoms with Crippen molar-refractivity contribution >= 4 is 5.91 Å². The average Bonchev–Trinajstić information content (AvgIpc) is 2.80. The van der Waals surface area contributed by atoms with Crippen molar-refractivity contribution in [2.75, 3.05) is 7.11 Å². The molecule has 0 aliphatic heterocycles. The second-order valence-corrected chi connectivity index (χ2v) is 7.80. The largest absolute Gasteiger partial charge is 0.497 e. The van der Waals surface area contributed by atoms with E-state index in [0.717, 1.165) is 17.5 Å². The second-order valence-electron chi connectivity index (χ2n) is 7.80. The fourth-order valence-corrected chi connectivity index (χ4v) is 3.87.